The van der Waals surface area contributed by atoms with Gasteiger partial charge < -0.3 is 10.1 Å². The van der Waals surface area contributed by atoms with Crippen molar-refractivity contribution in [2.45, 2.75) is 38.5 Å². The molecule has 1 heterocycles. The predicted molar refractivity (Wildman–Crippen MR) is 112 cm³/mol. The predicted octanol–water partition coefficient (Wildman–Crippen LogP) is 4.44. The number of dihydropyridines is 1. The third-order valence-corrected chi connectivity index (χ3v) is 5.60. The molecule has 4 rings (SSSR count). The Labute approximate surface area is 171 Å². The maximum Gasteiger partial charge on any atom is 0.336 e. The highest BCUT2D eigenvalue weighted by atomic mass is 16.5. The highest BCUT2D eigenvalue weighted by Crippen LogP contribution is 2.42. The van der Waals surface area contributed by atoms with Gasteiger partial charge in [0.1, 0.15) is 0 Å². The minimum atomic E-state index is -0.371. The van der Waals surface area contributed by atoms with Crippen LogP contribution < -0.4 is 5.32 Å². The molecule has 0 saturated heterocycles. The molecule has 1 unspecified atom stereocenters. The van der Waals surface area contributed by atoms with Crippen molar-refractivity contribution < 1.29 is 14.3 Å². The highest BCUT2D eigenvalue weighted by Gasteiger charge is 2.38. The van der Waals surface area contributed by atoms with Crippen molar-refractivity contribution in [1.82, 2.24) is 5.32 Å². The van der Waals surface area contributed by atoms with Gasteiger partial charge in [-0.2, -0.15) is 0 Å². The zero-order chi connectivity index (χ0) is 20.2. The van der Waals surface area contributed by atoms with E-state index in [1.807, 2.05) is 67.6 Å². The molecule has 0 saturated carbocycles. The van der Waals surface area contributed by atoms with Crippen LogP contribution in [0, 0.1) is 0 Å². The number of allylic oxidation sites excluding steroid dienone is 3. The summed E-state index contributed by atoms with van der Waals surface area (Å²) in [5.41, 5.74) is 5.07. The Hall–Kier alpha value is -3.14. The summed E-state index contributed by atoms with van der Waals surface area (Å²) in [5, 5.41) is 3.33. The van der Waals surface area contributed by atoms with Gasteiger partial charge in [-0.15, -0.1) is 0 Å². The van der Waals surface area contributed by atoms with Crippen molar-refractivity contribution in [1.29, 1.82) is 0 Å². The quantitative estimate of drug-likeness (QED) is 0.771. The fraction of sp³-hybridized carbons (Fsp3) is 0.280. The summed E-state index contributed by atoms with van der Waals surface area (Å²) < 4.78 is 5.65. The van der Waals surface area contributed by atoms with Gasteiger partial charge in [-0.25, -0.2) is 4.79 Å². The van der Waals surface area contributed by atoms with E-state index in [9.17, 15) is 9.59 Å². The number of Topliss-reactive ketones (excluding diaryl/α,β-unsaturated/α-hetero) is 1. The fourth-order valence-electron chi connectivity index (χ4n) is 4.22. The molecule has 0 amide bonds. The molecule has 4 heteroatoms. The largest absolute Gasteiger partial charge is 0.462 e. The minimum absolute atomic E-state index is 0.120. The first kappa shape index (κ1) is 19.2. The molecule has 2 aliphatic rings. The summed E-state index contributed by atoms with van der Waals surface area (Å²) >= 11 is 0. The van der Waals surface area contributed by atoms with Crippen LogP contribution in [0.3, 0.4) is 0 Å². The molecular weight excluding hydrogens is 362 g/mol. The van der Waals surface area contributed by atoms with Crippen molar-refractivity contribution >= 4 is 11.8 Å². The van der Waals surface area contributed by atoms with Crippen LogP contribution >= 0.6 is 0 Å². The smallest absolute Gasteiger partial charge is 0.336 e. The molecular formula is C25H25NO3. The molecule has 2 aromatic carbocycles. The summed E-state index contributed by atoms with van der Waals surface area (Å²) in [4.78, 5) is 25.9. The van der Waals surface area contributed by atoms with Gasteiger partial charge in [0.25, 0.3) is 0 Å². The van der Waals surface area contributed by atoms with E-state index in [0.29, 0.717) is 25.0 Å². The number of ketones is 1. The molecule has 0 bridgehead atoms. The van der Waals surface area contributed by atoms with Crippen molar-refractivity contribution in [3.63, 3.8) is 0 Å². The Morgan fingerprint density at radius 1 is 1.03 bits per heavy atom. The van der Waals surface area contributed by atoms with E-state index in [1.54, 1.807) is 0 Å². The Kier molecular flexibility index (Phi) is 5.61. The van der Waals surface area contributed by atoms with Gasteiger partial charge in [0.15, 0.2) is 5.78 Å². The van der Waals surface area contributed by atoms with Crippen LogP contribution in [0.5, 0.6) is 0 Å². The number of benzene rings is 2. The second-order valence-electron chi connectivity index (χ2n) is 7.55. The molecule has 0 radical (unpaired) electrons. The Balaban J connectivity index is 1.61. The Morgan fingerprint density at radius 3 is 2.45 bits per heavy atom. The molecule has 29 heavy (non-hydrogen) atoms. The number of nitrogens with one attached hydrogen (secondary N) is 1. The fourth-order valence-corrected chi connectivity index (χ4v) is 4.22. The minimum Gasteiger partial charge on any atom is -0.462 e. The van der Waals surface area contributed by atoms with E-state index in [2.05, 4.69) is 5.32 Å². The van der Waals surface area contributed by atoms with Gasteiger partial charge in [-0.05, 0) is 30.9 Å². The first-order valence-electron chi connectivity index (χ1n) is 10.1. The van der Waals surface area contributed by atoms with Gasteiger partial charge in [-0.3, -0.25) is 4.79 Å². The lowest BCUT2D eigenvalue weighted by Crippen LogP contribution is -2.34. The highest BCUT2D eigenvalue weighted by molar-refractivity contribution is 6.03. The molecule has 148 valence electrons. The molecule has 0 spiro atoms. The lowest BCUT2D eigenvalue weighted by Gasteiger charge is -2.34. The molecule has 0 fully saturated rings. The van der Waals surface area contributed by atoms with E-state index < -0.39 is 0 Å². The van der Waals surface area contributed by atoms with Crippen LogP contribution in [0.15, 0.2) is 83.2 Å². The summed E-state index contributed by atoms with van der Waals surface area (Å²) in [5.74, 6) is -0.608. The van der Waals surface area contributed by atoms with Crippen LogP contribution in [0.1, 0.15) is 43.2 Å². The van der Waals surface area contributed by atoms with Crippen molar-refractivity contribution in [3.05, 3.63) is 94.3 Å². The van der Waals surface area contributed by atoms with Crippen LogP contribution in [0.4, 0.5) is 0 Å². The SMILES string of the molecule is CC1=C(C(=O)OCCc2ccccc2)C(c2ccccc2)C2=C(CCCC2=O)N1. The van der Waals surface area contributed by atoms with E-state index in [-0.39, 0.29) is 17.7 Å². The van der Waals surface area contributed by atoms with Crippen LogP contribution in [0.2, 0.25) is 0 Å². The third kappa shape index (κ3) is 4.02. The van der Waals surface area contributed by atoms with Gasteiger partial charge >= 0.3 is 5.97 Å². The summed E-state index contributed by atoms with van der Waals surface area (Å²) in [6.07, 6.45) is 2.86. The Bertz CT molecular complexity index is 974. The zero-order valence-corrected chi connectivity index (χ0v) is 16.6. The topological polar surface area (TPSA) is 55.4 Å². The molecule has 1 atom stereocenters. The summed E-state index contributed by atoms with van der Waals surface area (Å²) in [6.45, 7) is 2.20. The molecule has 2 aromatic rings. The lowest BCUT2D eigenvalue weighted by molar-refractivity contribution is -0.139. The zero-order valence-electron chi connectivity index (χ0n) is 16.6. The van der Waals surface area contributed by atoms with Gasteiger partial charge in [-0.1, -0.05) is 60.7 Å². The maximum atomic E-state index is 13.1. The molecule has 4 nitrogen and oxygen atoms in total. The normalized spacial score (nSPS) is 18.9. The van der Waals surface area contributed by atoms with E-state index in [4.69, 9.17) is 4.74 Å². The molecule has 1 N–H and O–H groups in total. The summed E-state index contributed by atoms with van der Waals surface area (Å²) in [6, 6.07) is 19.7. The van der Waals surface area contributed by atoms with Crippen LogP contribution in [-0.2, 0) is 20.7 Å². The van der Waals surface area contributed by atoms with Crippen LogP contribution in [0.25, 0.3) is 0 Å². The average Bonchev–Trinajstić information content (AvgIpc) is 2.74. The first-order chi connectivity index (χ1) is 14.1. The first-order valence-corrected chi connectivity index (χ1v) is 10.1. The van der Waals surface area contributed by atoms with Crippen LogP contribution in [-0.4, -0.2) is 18.4 Å². The van der Waals surface area contributed by atoms with Gasteiger partial charge in [0.2, 0.25) is 0 Å². The lowest BCUT2D eigenvalue weighted by atomic mass is 9.75. The number of hydrogen-bond acceptors (Lipinski definition) is 4. The van der Waals surface area contributed by atoms with E-state index in [0.717, 1.165) is 40.9 Å². The third-order valence-electron chi connectivity index (χ3n) is 5.60. The number of esters is 1. The second kappa shape index (κ2) is 8.48. The number of ether oxygens (including phenoxy) is 1. The monoisotopic (exact) mass is 387 g/mol. The van der Waals surface area contributed by atoms with Crippen molar-refractivity contribution in [2.75, 3.05) is 6.61 Å². The number of hydrogen-bond donors (Lipinski definition) is 1. The van der Waals surface area contributed by atoms with Crippen molar-refractivity contribution in [2.24, 2.45) is 0 Å². The number of carbonyl (C=O) groups is 2. The van der Waals surface area contributed by atoms with Crippen molar-refractivity contribution in [3.8, 4) is 0 Å². The molecule has 0 aromatic heterocycles. The second-order valence-corrected chi connectivity index (χ2v) is 7.55. The Morgan fingerprint density at radius 2 is 1.72 bits per heavy atom. The average molecular weight is 387 g/mol. The molecule has 1 aliphatic carbocycles. The number of carbonyl (C=O) groups excluding carboxylic acids is 2. The van der Waals surface area contributed by atoms with E-state index >= 15 is 0 Å². The standard InChI is InChI=1S/C25H25NO3/c1-17-22(25(28)29-16-15-18-9-4-2-5-10-18)23(19-11-6-3-7-12-19)24-20(26-17)13-8-14-21(24)27/h2-7,9-12,23,26H,8,13-16H2,1H3. The van der Waals surface area contributed by atoms with E-state index in [1.165, 1.54) is 0 Å². The maximum absolute atomic E-state index is 13.1. The molecule has 1 aliphatic heterocycles. The summed E-state index contributed by atoms with van der Waals surface area (Å²) in [7, 11) is 0. The number of rotatable bonds is 5. The van der Waals surface area contributed by atoms with Gasteiger partial charge in [0.05, 0.1) is 12.2 Å². The van der Waals surface area contributed by atoms with Gasteiger partial charge in [0, 0.05) is 35.7 Å².